The molecule has 0 bridgehead atoms. The number of carbonyl (C=O) groups excluding carboxylic acids is 1. The lowest BCUT2D eigenvalue weighted by Gasteiger charge is -2.19. The van der Waals surface area contributed by atoms with Crippen molar-refractivity contribution in [2.45, 2.75) is 24.7 Å². The minimum absolute atomic E-state index is 0.149. The molecule has 0 spiro atoms. The quantitative estimate of drug-likeness (QED) is 0.669. The van der Waals surface area contributed by atoms with Gasteiger partial charge >= 0.3 is 0 Å². The first-order valence-electron chi connectivity index (χ1n) is 4.93. The molecule has 1 N–H and O–H groups in total. The zero-order valence-corrected chi connectivity index (χ0v) is 11.0. The standard InChI is InChI=1S/C13H14BrNO/c1-4-13(2,3)15-12(16)11-7-5-10(9-14)6-8-11/h1,5-8H,9H2,2-3H3,(H,15,16). The van der Waals surface area contributed by atoms with Crippen LogP contribution in [0, 0.1) is 12.3 Å². The monoisotopic (exact) mass is 279 g/mol. The maximum Gasteiger partial charge on any atom is 0.252 e. The Labute approximate surface area is 105 Å². The number of rotatable bonds is 3. The van der Waals surface area contributed by atoms with Crippen molar-refractivity contribution in [1.82, 2.24) is 5.32 Å². The molecule has 1 aromatic carbocycles. The number of terminal acetylenes is 1. The summed E-state index contributed by atoms with van der Waals surface area (Å²) < 4.78 is 0. The second-order valence-corrected chi connectivity index (χ2v) is 4.61. The Morgan fingerprint density at radius 3 is 2.44 bits per heavy atom. The van der Waals surface area contributed by atoms with E-state index in [1.807, 2.05) is 12.1 Å². The minimum atomic E-state index is -0.620. The van der Waals surface area contributed by atoms with Crippen molar-refractivity contribution in [3.05, 3.63) is 35.4 Å². The molecule has 84 valence electrons. The van der Waals surface area contributed by atoms with Gasteiger partial charge in [0.1, 0.15) is 0 Å². The van der Waals surface area contributed by atoms with Gasteiger partial charge in [-0.2, -0.15) is 0 Å². The Morgan fingerprint density at radius 2 is 2.00 bits per heavy atom. The molecule has 0 heterocycles. The Morgan fingerprint density at radius 1 is 1.44 bits per heavy atom. The molecule has 0 saturated heterocycles. The molecule has 0 aliphatic rings. The number of amides is 1. The van der Waals surface area contributed by atoms with Gasteiger partial charge in [0.2, 0.25) is 0 Å². The maximum absolute atomic E-state index is 11.8. The van der Waals surface area contributed by atoms with E-state index in [-0.39, 0.29) is 5.91 Å². The lowest BCUT2D eigenvalue weighted by Crippen LogP contribution is -2.42. The van der Waals surface area contributed by atoms with E-state index in [0.29, 0.717) is 5.56 Å². The molecule has 0 fully saturated rings. The predicted octanol–water partition coefficient (Wildman–Crippen LogP) is 2.72. The van der Waals surface area contributed by atoms with Crippen LogP contribution in [0.1, 0.15) is 29.8 Å². The van der Waals surface area contributed by atoms with Gasteiger partial charge in [-0.15, -0.1) is 6.42 Å². The van der Waals surface area contributed by atoms with Crippen molar-refractivity contribution >= 4 is 21.8 Å². The molecule has 1 rings (SSSR count). The number of benzene rings is 1. The number of halogens is 1. The van der Waals surface area contributed by atoms with Crippen LogP contribution in [-0.2, 0) is 5.33 Å². The first-order valence-corrected chi connectivity index (χ1v) is 6.06. The molecule has 0 saturated carbocycles. The van der Waals surface area contributed by atoms with Crippen LogP contribution >= 0.6 is 15.9 Å². The van der Waals surface area contributed by atoms with Crippen LogP contribution in [0.2, 0.25) is 0 Å². The number of nitrogens with one attached hydrogen (secondary N) is 1. The molecule has 1 amide bonds. The fourth-order valence-electron chi connectivity index (χ4n) is 1.14. The first kappa shape index (κ1) is 12.8. The molecule has 0 aromatic heterocycles. The molecule has 0 aliphatic heterocycles. The largest absolute Gasteiger partial charge is 0.336 e. The number of carbonyl (C=O) groups is 1. The van der Waals surface area contributed by atoms with Gasteiger partial charge in [-0.1, -0.05) is 34.0 Å². The van der Waals surface area contributed by atoms with Crippen LogP contribution in [0.3, 0.4) is 0 Å². The summed E-state index contributed by atoms with van der Waals surface area (Å²) in [5.74, 6) is 2.38. The number of hydrogen-bond donors (Lipinski definition) is 1. The summed E-state index contributed by atoms with van der Waals surface area (Å²) in [6.45, 7) is 3.58. The van der Waals surface area contributed by atoms with Gasteiger partial charge in [-0.25, -0.2) is 0 Å². The van der Waals surface area contributed by atoms with E-state index in [9.17, 15) is 4.79 Å². The van der Waals surface area contributed by atoms with Gasteiger partial charge in [0, 0.05) is 10.9 Å². The molecule has 16 heavy (non-hydrogen) atoms. The van der Waals surface area contributed by atoms with Gasteiger partial charge in [-0.3, -0.25) is 4.79 Å². The molecular weight excluding hydrogens is 266 g/mol. The predicted molar refractivity (Wildman–Crippen MR) is 69.5 cm³/mol. The smallest absolute Gasteiger partial charge is 0.252 e. The van der Waals surface area contributed by atoms with Crippen LogP contribution in [0.4, 0.5) is 0 Å². The zero-order valence-electron chi connectivity index (χ0n) is 9.38. The van der Waals surface area contributed by atoms with Crippen LogP contribution < -0.4 is 5.32 Å². The van der Waals surface area contributed by atoms with Crippen molar-refractivity contribution in [3.63, 3.8) is 0 Å². The molecule has 0 unspecified atom stereocenters. The number of hydrogen-bond acceptors (Lipinski definition) is 1. The lowest BCUT2D eigenvalue weighted by molar-refractivity contribution is 0.0930. The van der Waals surface area contributed by atoms with Crippen molar-refractivity contribution in [1.29, 1.82) is 0 Å². The average molecular weight is 280 g/mol. The van der Waals surface area contributed by atoms with Gasteiger partial charge in [0.25, 0.3) is 5.91 Å². The lowest BCUT2D eigenvalue weighted by atomic mass is 10.1. The fraction of sp³-hybridized carbons (Fsp3) is 0.308. The highest BCUT2D eigenvalue weighted by Gasteiger charge is 2.17. The van der Waals surface area contributed by atoms with E-state index in [0.717, 1.165) is 10.9 Å². The van der Waals surface area contributed by atoms with Crippen LogP contribution in [0.25, 0.3) is 0 Å². The maximum atomic E-state index is 11.8. The van der Waals surface area contributed by atoms with E-state index in [4.69, 9.17) is 6.42 Å². The van der Waals surface area contributed by atoms with Crippen molar-refractivity contribution in [3.8, 4) is 12.3 Å². The van der Waals surface area contributed by atoms with Gasteiger partial charge in [-0.05, 0) is 31.5 Å². The summed E-state index contributed by atoms with van der Waals surface area (Å²) in [4.78, 5) is 11.8. The van der Waals surface area contributed by atoms with E-state index in [1.165, 1.54) is 0 Å². The summed E-state index contributed by atoms with van der Waals surface area (Å²) in [7, 11) is 0. The summed E-state index contributed by atoms with van der Waals surface area (Å²) in [6.07, 6.45) is 5.31. The first-order chi connectivity index (χ1) is 7.48. The molecule has 0 radical (unpaired) electrons. The summed E-state index contributed by atoms with van der Waals surface area (Å²) in [5.41, 5.74) is 1.13. The summed E-state index contributed by atoms with van der Waals surface area (Å²) in [6, 6.07) is 7.40. The summed E-state index contributed by atoms with van der Waals surface area (Å²) in [5, 5.41) is 3.56. The van der Waals surface area contributed by atoms with Crippen LogP contribution in [-0.4, -0.2) is 11.4 Å². The van der Waals surface area contributed by atoms with Crippen molar-refractivity contribution in [2.24, 2.45) is 0 Å². The van der Waals surface area contributed by atoms with Gasteiger partial charge in [0.15, 0.2) is 0 Å². The third kappa shape index (κ3) is 3.39. The van der Waals surface area contributed by atoms with E-state index in [1.54, 1.807) is 26.0 Å². The zero-order chi connectivity index (χ0) is 12.2. The Bertz CT molecular complexity index is 415. The third-order valence-corrected chi connectivity index (χ3v) is 2.80. The van der Waals surface area contributed by atoms with E-state index < -0.39 is 5.54 Å². The average Bonchev–Trinajstić information content (AvgIpc) is 2.28. The topological polar surface area (TPSA) is 29.1 Å². The van der Waals surface area contributed by atoms with Gasteiger partial charge in [0.05, 0.1) is 5.54 Å². The van der Waals surface area contributed by atoms with Gasteiger partial charge < -0.3 is 5.32 Å². The van der Waals surface area contributed by atoms with Crippen LogP contribution in [0.5, 0.6) is 0 Å². The molecule has 1 aromatic rings. The second kappa shape index (κ2) is 5.18. The highest BCUT2D eigenvalue weighted by molar-refractivity contribution is 9.08. The van der Waals surface area contributed by atoms with Crippen LogP contribution in [0.15, 0.2) is 24.3 Å². The Balaban J connectivity index is 2.78. The summed E-state index contributed by atoms with van der Waals surface area (Å²) >= 11 is 3.35. The fourth-order valence-corrected chi connectivity index (χ4v) is 1.51. The molecule has 0 aliphatic carbocycles. The normalized spacial score (nSPS) is 10.6. The second-order valence-electron chi connectivity index (χ2n) is 4.05. The Kier molecular flexibility index (Phi) is 4.14. The number of alkyl halides is 1. The molecule has 2 nitrogen and oxygen atoms in total. The third-order valence-electron chi connectivity index (χ3n) is 2.16. The highest BCUT2D eigenvalue weighted by atomic mass is 79.9. The molecular formula is C13H14BrNO. The highest BCUT2D eigenvalue weighted by Crippen LogP contribution is 2.09. The Hall–Kier alpha value is -1.27. The van der Waals surface area contributed by atoms with Crippen molar-refractivity contribution in [2.75, 3.05) is 0 Å². The molecule has 3 heteroatoms. The minimum Gasteiger partial charge on any atom is -0.336 e. The SMILES string of the molecule is C#CC(C)(C)NC(=O)c1ccc(CBr)cc1. The molecule has 0 atom stereocenters. The van der Waals surface area contributed by atoms with Crippen molar-refractivity contribution < 1.29 is 4.79 Å². The van der Waals surface area contributed by atoms with E-state index >= 15 is 0 Å². The van der Waals surface area contributed by atoms with E-state index in [2.05, 4.69) is 27.2 Å².